The number of carbonyl (C=O) groups excluding carboxylic acids is 1. The quantitative estimate of drug-likeness (QED) is 0.193. The molecule has 2 aromatic carbocycles. The van der Waals surface area contributed by atoms with Gasteiger partial charge in [-0.2, -0.15) is 10.2 Å². The lowest BCUT2D eigenvalue weighted by Gasteiger charge is -1.99. The van der Waals surface area contributed by atoms with Crippen LogP contribution >= 0.6 is 11.3 Å². The molecule has 0 radical (unpaired) electrons. The molecule has 3 heterocycles. The number of hydrogen-bond acceptors (Lipinski definition) is 8. The third kappa shape index (κ3) is 4.87. The molecule has 0 amide bonds. The Kier molecular flexibility index (Phi) is 6.44. The molecule has 174 valence electrons. The lowest BCUT2D eigenvalue weighted by molar-refractivity contribution is 0.0524. The Bertz CT molecular complexity index is 1520. The molecule has 9 nitrogen and oxygen atoms in total. The van der Waals surface area contributed by atoms with Gasteiger partial charge in [0.1, 0.15) is 5.69 Å². The van der Waals surface area contributed by atoms with Gasteiger partial charge in [0.15, 0.2) is 5.76 Å². The van der Waals surface area contributed by atoms with E-state index in [4.69, 9.17) is 9.15 Å². The highest BCUT2D eigenvalue weighted by Crippen LogP contribution is 2.23. The standard InChI is InChI=1S/C25H20N6O3S/c1-2-33-24(32)23-29-31(20-12-7-4-8-13-20)25(35-23)27-26-16-18-17-30(19-10-5-3-6-11-19)28-22(18)21-14-9-15-34-21/h3-17H,2H2,1H3/b26-16+,27-25-. The number of nitrogens with zero attached hydrogens (tertiary/aromatic N) is 6. The van der Waals surface area contributed by atoms with E-state index in [9.17, 15) is 4.79 Å². The van der Waals surface area contributed by atoms with Crippen molar-refractivity contribution in [3.8, 4) is 22.8 Å². The second-order valence-corrected chi connectivity index (χ2v) is 8.15. The highest BCUT2D eigenvalue weighted by Gasteiger charge is 2.16. The maximum atomic E-state index is 12.3. The van der Waals surface area contributed by atoms with Gasteiger partial charge in [-0.25, -0.2) is 14.2 Å². The van der Waals surface area contributed by atoms with Gasteiger partial charge in [-0.1, -0.05) is 47.7 Å². The van der Waals surface area contributed by atoms with Gasteiger partial charge in [0.2, 0.25) is 9.81 Å². The molecule has 0 N–H and O–H groups in total. The maximum absolute atomic E-state index is 12.3. The number of rotatable bonds is 7. The van der Waals surface area contributed by atoms with E-state index < -0.39 is 5.97 Å². The molecule has 5 rings (SSSR count). The normalized spacial score (nSPS) is 11.9. The van der Waals surface area contributed by atoms with Gasteiger partial charge in [0.25, 0.3) is 0 Å². The summed E-state index contributed by atoms with van der Waals surface area (Å²) in [6, 6.07) is 22.8. The summed E-state index contributed by atoms with van der Waals surface area (Å²) in [6.07, 6.45) is 5.05. The third-order valence-corrected chi connectivity index (χ3v) is 5.75. The molecule has 0 fully saturated rings. The number of benzene rings is 2. The third-order valence-electron chi connectivity index (χ3n) is 4.87. The molecule has 10 heteroatoms. The molecule has 0 atom stereocenters. The van der Waals surface area contributed by atoms with Crippen LogP contribution < -0.4 is 4.80 Å². The largest absolute Gasteiger partial charge is 0.463 e. The lowest BCUT2D eigenvalue weighted by Crippen LogP contribution is -2.14. The van der Waals surface area contributed by atoms with Crippen LogP contribution in [0.25, 0.3) is 22.8 Å². The number of ether oxygens (including phenoxy) is 1. The summed E-state index contributed by atoms with van der Waals surface area (Å²) >= 11 is 1.10. The molecule has 5 aromatic rings. The molecule has 0 saturated heterocycles. The summed E-state index contributed by atoms with van der Waals surface area (Å²) in [4.78, 5) is 12.7. The zero-order valence-electron chi connectivity index (χ0n) is 18.7. The lowest BCUT2D eigenvalue weighted by atomic mass is 10.2. The minimum Gasteiger partial charge on any atom is -0.463 e. The molecule has 3 aromatic heterocycles. The average Bonchev–Trinajstić information content (AvgIpc) is 3.65. The topological polar surface area (TPSA) is 99.8 Å². The van der Waals surface area contributed by atoms with Crippen molar-refractivity contribution in [1.29, 1.82) is 0 Å². The van der Waals surface area contributed by atoms with Gasteiger partial charge >= 0.3 is 5.97 Å². The van der Waals surface area contributed by atoms with Crippen molar-refractivity contribution >= 4 is 23.5 Å². The summed E-state index contributed by atoms with van der Waals surface area (Å²) in [5.41, 5.74) is 3.00. The van der Waals surface area contributed by atoms with E-state index in [0.29, 0.717) is 21.8 Å². The van der Waals surface area contributed by atoms with Crippen molar-refractivity contribution in [3.63, 3.8) is 0 Å². The predicted octanol–water partition coefficient (Wildman–Crippen LogP) is 4.49. The van der Waals surface area contributed by atoms with E-state index in [1.165, 1.54) is 0 Å². The number of furan rings is 1. The van der Waals surface area contributed by atoms with Crippen molar-refractivity contribution in [2.24, 2.45) is 10.2 Å². The minimum absolute atomic E-state index is 0.192. The Morgan fingerprint density at radius 3 is 2.46 bits per heavy atom. The average molecular weight is 485 g/mol. The maximum Gasteiger partial charge on any atom is 0.369 e. The number of esters is 1. The summed E-state index contributed by atoms with van der Waals surface area (Å²) < 4.78 is 14.0. The van der Waals surface area contributed by atoms with Crippen LogP contribution in [0.3, 0.4) is 0 Å². The fourth-order valence-corrected chi connectivity index (χ4v) is 4.06. The van der Waals surface area contributed by atoms with Crippen LogP contribution in [0.5, 0.6) is 0 Å². The van der Waals surface area contributed by atoms with Crippen molar-refractivity contribution < 1.29 is 13.9 Å². The number of carbonyl (C=O) groups is 1. The first-order chi connectivity index (χ1) is 17.2. The van der Waals surface area contributed by atoms with E-state index in [0.717, 1.165) is 22.7 Å². The SMILES string of the molecule is CCOC(=O)c1nn(-c2ccccc2)/c(=N/N=C/c2cn(-c3ccccc3)nc2-c2ccco2)s1. The molecular weight excluding hydrogens is 464 g/mol. The van der Waals surface area contributed by atoms with Crippen LogP contribution in [0.1, 0.15) is 22.3 Å². The van der Waals surface area contributed by atoms with Gasteiger partial charge < -0.3 is 9.15 Å². The Labute approximate surface area is 204 Å². The van der Waals surface area contributed by atoms with E-state index in [1.54, 1.807) is 34.8 Å². The molecule has 0 bridgehead atoms. The first-order valence-electron chi connectivity index (χ1n) is 10.8. The zero-order valence-corrected chi connectivity index (χ0v) is 19.5. The number of hydrogen-bond donors (Lipinski definition) is 0. The van der Waals surface area contributed by atoms with Gasteiger partial charge in [-0.05, 0) is 43.3 Å². The van der Waals surface area contributed by atoms with Crippen LogP contribution in [0.2, 0.25) is 0 Å². The van der Waals surface area contributed by atoms with Crippen LogP contribution in [0, 0.1) is 0 Å². The highest BCUT2D eigenvalue weighted by molar-refractivity contribution is 7.10. The van der Waals surface area contributed by atoms with Gasteiger partial charge in [-0.3, -0.25) is 0 Å². The number of para-hydroxylation sites is 2. The minimum atomic E-state index is -0.503. The first-order valence-corrected chi connectivity index (χ1v) is 11.6. The molecule has 35 heavy (non-hydrogen) atoms. The van der Waals surface area contributed by atoms with Gasteiger partial charge in [-0.15, -0.1) is 10.2 Å². The Balaban J connectivity index is 1.55. The van der Waals surface area contributed by atoms with Crippen LogP contribution in [0.4, 0.5) is 0 Å². The smallest absolute Gasteiger partial charge is 0.369 e. The van der Waals surface area contributed by atoms with Crippen molar-refractivity contribution in [3.05, 3.63) is 101 Å². The van der Waals surface area contributed by atoms with E-state index >= 15 is 0 Å². The first kappa shape index (κ1) is 22.2. The molecule has 0 aliphatic heterocycles. The summed E-state index contributed by atoms with van der Waals surface area (Å²) in [6.45, 7) is 2.01. The second kappa shape index (κ2) is 10.1. The van der Waals surface area contributed by atoms with E-state index in [2.05, 4.69) is 20.4 Å². The highest BCUT2D eigenvalue weighted by atomic mass is 32.1. The second-order valence-electron chi connectivity index (χ2n) is 7.19. The van der Waals surface area contributed by atoms with Crippen LogP contribution in [0.15, 0.2) is 99.9 Å². The fraction of sp³-hybridized carbons (Fsp3) is 0.0800. The van der Waals surface area contributed by atoms with Crippen LogP contribution in [-0.4, -0.2) is 38.4 Å². The monoisotopic (exact) mass is 484 g/mol. The number of aromatic nitrogens is 4. The van der Waals surface area contributed by atoms with E-state index in [-0.39, 0.29) is 11.6 Å². The molecular formula is C25H20N6O3S. The van der Waals surface area contributed by atoms with E-state index in [1.807, 2.05) is 72.9 Å². The summed E-state index contributed by atoms with van der Waals surface area (Å²) in [7, 11) is 0. The van der Waals surface area contributed by atoms with Crippen molar-refractivity contribution in [2.45, 2.75) is 6.92 Å². The van der Waals surface area contributed by atoms with Crippen LogP contribution in [-0.2, 0) is 4.74 Å². The van der Waals surface area contributed by atoms with Crippen molar-refractivity contribution in [1.82, 2.24) is 19.6 Å². The fourth-order valence-electron chi connectivity index (χ4n) is 3.30. The Morgan fingerprint density at radius 2 is 1.77 bits per heavy atom. The molecule has 0 spiro atoms. The summed E-state index contributed by atoms with van der Waals surface area (Å²) in [5.74, 6) is 0.111. The van der Waals surface area contributed by atoms with Gasteiger partial charge in [0.05, 0.1) is 30.5 Å². The summed E-state index contributed by atoms with van der Waals surface area (Å²) in [5, 5.41) is 17.9. The van der Waals surface area contributed by atoms with Gasteiger partial charge in [0, 0.05) is 11.8 Å². The Hall–Kier alpha value is -4.57. The van der Waals surface area contributed by atoms with Crippen molar-refractivity contribution in [2.75, 3.05) is 6.61 Å². The molecule has 0 aliphatic carbocycles. The zero-order chi connectivity index (χ0) is 24.0. The molecule has 0 unspecified atom stereocenters. The molecule has 0 saturated carbocycles. The molecule has 0 aliphatic rings. The Morgan fingerprint density at radius 1 is 1.03 bits per heavy atom. The predicted molar refractivity (Wildman–Crippen MR) is 132 cm³/mol.